The van der Waals surface area contributed by atoms with Crippen LogP contribution in [0.2, 0.25) is 0 Å². The second kappa shape index (κ2) is 8.48. The van der Waals surface area contributed by atoms with Crippen molar-refractivity contribution < 1.29 is 4.74 Å². The highest BCUT2D eigenvalue weighted by Crippen LogP contribution is 2.16. The van der Waals surface area contributed by atoms with Gasteiger partial charge in [-0.15, -0.1) is 0 Å². The fraction of sp³-hybridized carbons (Fsp3) is 0.750. The number of nitrogens with zero attached hydrogens (tertiary/aromatic N) is 2. The first-order valence-electron chi connectivity index (χ1n) is 6.01. The third-order valence-corrected chi connectivity index (χ3v) is 2.06. The minimum atomic E-state index is 0.496. The van der Waals surface area contributed by atoms with E-state index in [0.29, 0.717) is 6.04 Å². The number of hydrogen-bond acceptors (Lipinski definition) is 2. The van der Waals surface area contributed by atoms with E-state index in [1.807, 2.05) is 38.6 Å². The lowest BCUT2D eigenvalue weighted by atomic mass is 10.2. The molecular formula is C12H24N2O. The van der Waals surface area contributed by atoms with Gasteiger partial charge in [0.1, 0.15) is 0 Å². The van der Waals surface area contributed by atoms with Gasteiger partial charge in [-0.2, -0.15) is 5.10 Å². The molecule has 1 saturated heterocycles. The zero-order chi connectivity index (χ0) is 11.7. The van der Waals surface area contributed by atoms with Crippen molar-refractivity contribution in [2.75, 3.05) is 13.2 Å². The number of aromatic nitrogens is 2. The fourth-order valence-corrected chi connectivity index (χ4v) is 1.14. The Labute approximate surface area is 93.4 Å². The van der Waals surface area contributed by atoms with Gasteiger partial charge in [0.05, 0.1) is 25.5 Å². The average molecular weight is 212 g/mol. The molecule has 2 rings (SSSR count). The molecule has 0 saturated carbocycles. The van der Waals surface area contributed by atoms with Crippen LogP contribution in [0.3, 0.4) is 0 Å². The molecule has 1 aliphatic heterocycles. The summed E-state index contributed by atoms with van der Waals surface area (Å²) in [4.78, 5) is 0. The van der Waals surface area contributed by atoms with Gasteiger partial charge >= 0.3 is 0 Å². The summed E-state index contributed by atoms with van der Waals surface area (Å²) in [5, 5.41) is 4.25. The number of ether oxygens (including phenoxy) is 1. The van der Waals surface area contributed by atoms with Crippen molar-refractivity contribution in [3.8, 4) is 0 Å². The molecule has 1 aromatic heterocycles. The van der Waals surface area contributed by atoms with Gasteiger partial charge in [-0.25, -0.2) is 0 Å². The van der Waals surface area contributed by atoms with Crippen LogP contribution in [0.15, 0.2) is 12.4 Å². The normalized spacial score (nSPS) is 14.2. The van der Waals surface area contributed by atoms with Crippen LogP contribution >= 0.6 is 0 Å². The summed E-state index contributed by atoms with van der Waals surface area (Å²) in [5.74, 6) is 0. The Morgan fingerprint density at radius 3 is 2.27 bits per heavy atom. The SMILES string of the molecule is CC.CC.CCc1cnn(C2COC2)c1. The molecule has 1 aromatic rings. The highest BCUT2D eigenvalue weighted by atomic mass is 16.5. The summed E-state index contributed by atoms with van der Waals surface area (Å²) >= 11 is 0. The molecular weight excluding hydrogens is 188 g/mol. The van der Waals surface area contributed by atoms with Crippen molar-refractivity contribution in [2.24, 2.45) is 0 Å². The third kappa shape index (κ3) is 4.04. The third-order valence-electron chi connectivity index (χ3n) is 2.06. The lowest BCUT2D eigenvalue weighted by Gasteiger charge is -2.25. The van der Waals surface area contributed by atoms with Crippen LogP contribution in [0.1, 0.15) is 46.2 Å². The first-order valence-corrected chi connectivity index (χ1v) is 6.01. The van der Waals surface area contributed by atoms with Gasteiger partial charge in [0, 0.05) is 6.20 Å². The molecule has 0 bridgehead atoms. The molecule has 88 valence electrons. The summed E-state index contributed by atoms with van der Waals surface area (Å²) in [7, 11) is 0. The van der Waals surface area contributed by atoms with Gasteiger partial charge in [0.15, 0.2) is 0 Å². The molecule has 1 aliphatic rings. The number of hydrogen-bond donors (Lipinski definition) is 0. The smallest absolute Gasteiger partial charge is 0.0985 e. The molecule has 0 radical (unpaired) electrons. The van der Waals surface area contributed by atoms with Gasteiger partial charge < -0.3 is 4.74 Å². The zero-order valence-corrected chi connectivity index (χ0v) is 10.7. The van der Waals surface area contributed by atoms with Gasteiger partial charge in [-0.3, -0.25) is 4.68 Å². The van der Waals surface area contributed by atoms with Crippen LogP contribution in [0.25, 0.3) is 0 Å². The molecule has 3 heteroatoms. The standard InChI is InChI=1S/C8H12N2O.2C2H6/c1-2-7-3-9-10(4-7)8-5-11-6-8;2*1-2/h3-4,8H,2,5-6H2,1H3;2*1-2H3. The molecule has 0 aliphatic carbocycles. The van der Waals surface area contributed by atoms with Gasteiger partial charge in [-0.05, 0) is 12.0 Å². The van der Waals surface area contributed by atoms with Gasteiger partial charge in [0.2, 0.25) is 0 Å². The van der Waals surface area contributed by atoms with Crippen LogP contribution in [0.5, 0.6) is 0 Å². The molecule has 0 unspecified atom stereocenters. The van der Waals surface area contributed by atoms with Crippen LogP contribution < -0.4 is 0 Å². The van der Waals surface area contributed by atoms with Crippen LogP contribution in [-0.2, 0) is 11.2 Å². The predicted molar refractivity (Wildman–Crippen MR) is 64.2 cm³/mol. The zero-order valence-electron chi connectivity index (χ0n) is 10.7. The lowest BCUT2D eigenvalue weighted by Crippen LogP contribution is -2.30. The van der Waals surface area contributed by atoms with Gasteiger partial charge in [-0.1, -0.05) is 34.6 Å². The Morgan fingerprint density at radius 1 is 1.33 bits per heavy atom. The maximum atomic E-state index is 5.07. The molecule has 0 aromatic carbocycles. The Hall–Kier alpha value is -0.830. The Kier molecular flexibility index (Phi) is 8.01. The highest BCUT2D eigenvalue weighted by Gasteiger charge is 2.20. The molecule has 2 heterocycles. The van der Waals surface area contributed by atoms with E-state index >= 15 is 0 Å². The highest BCUT2D eigenvalue weighted by molar-refractivity contribution is 5.04. The monoisotopic (exact) mass is 212 g/mol. The van der Waals surface area contributed by atoms with E-state index in [0.717, 1.165) is 19.6 Å². The van der Waals surface area contributed by atoms with E-state index in [2.05, 4.69) is 18.2 Å². The van der Waals surface area contributed by atoms with Crippen LogP contribution in [0, 0.1) is 0 Å². The first kappa shape index (κ1) is 14.2. The van der Waals surface area contributed by atoms with E-state index in [9.17, 15) is 0 Å². The van der Waals surface area contributed by atoms with Crippen molar-refractivity contribution in [1.82, 2.24) is 9.78 Å². The molecule has 0 N–H and O–H groups in total. The van der Waals surface area contributed by atoms with Crippen molar-refractivity contribution >= 4 is 0 Å². The van der Waals surface area contributed by atoms with E-state index in [4.69, 9.17) is 4.74 Å². The van der Waals surface area contributed by atoms with Gasteiger partial charge in [0.25, 0.3) is 0 Å². The summed E-state index contributed by atoms with van der Waals surface area (Å²) in [6.07, 6.45) is 5.10. The molecule has 0 spiro atoms. The number of aryl methyl sites for hydroxylation is 1. The molecule has 3 nitrogen and oxygen atoms in total. The second-order valence-electron chi connectivity index (χ2n) is 2.87. The summed E-state index contributed by atoms with van der Waals surface area (Å²) in [6, 6.07) is 0.496. The summed E-state index contributed by atoms with van der Waals surface area (Å²) in [5.41, 5.74) is 1.30. The summed E-state index contributed by atoms with van der Waals surface area (Å²) in [6.45, 7) is 11.8. The van der Waals surface area contributed by atoms with Crippen molar-refractivity contribution in [3.05, 3.63) is 18.0 Å². The van der Waals surface area contributed by atoms with Crippen molar-refractivity contribution in [1.29, 1.82) is 0 Å². The average Bonchev–Trinajstić information content (AvgIpc) is 2.70. The molecule has 15 heavy (non-hydrogen) atoms. The quantitative estimate of drug-likeness (QED) is 0.753. The molecule has 0 atom stereocenters. The second-order valence-corrected chi connectivity index (χ2v) is 2.87. The molecule has 0 amide bonds. The van der Waals surface area contributed by atoms with Crippen LogP contribution in [0.4, 0.5) is 0 Å². The maximum Gasteiger partial charge on any atom is 0.0985 e. The summed E-state index contributed by atoms with van der Waals surface area (Å²) < 4.78 is 7.07. The Balaban J connectivity index is 0.000000442. The van der Waals surface area contributed by atoms with Crippen molar-refractivity contribution in [3.63, 3.8) is 0 Å². The van der Waals surface area contributed by atoms with E-state index in [1.54, 1.807) is 0 Å². The van der Waals surface area contributed by atoms with E-state index in [-0.39, 0.29) is 0 Å². The van der Waals surface area contributed by atoms with Crippen LogP contribution in [-0.4, -0.2) is 23.0 Å². The van der Waals surface area contributed by atoms with Crippen molar-refractivity contribution in [2.45, 2.75) is 47.1 Å². The Morgan fingerprint density at radius 2 is 1.93 bits per heavy atom. The topological polar surface area (TPSA) is 27.1 Å². The fourth-order valence-electron chi connectivity index (χ4n) is 1.14. The molecule has 1 fully saturated rings. The van der Waals surface area contributed by atoms with E-state index < -0.39 is 0 Å². The van der Waals surface area contributed by atoms with E-state index in [1.165, 1.54) is 5.56 Å². The minimum Gasteiger partial charge on any atom is -0.377 e. The maximum absolute atomic E-state index is 5.07. The lowest BCUT2D eigenvalue weighted by molar-refractivity contribution is -0.0286. The minimum absolute atomic E-state index is 0.496. The Bertz CT molecular complexity index is 242. The predicted octanol–water partition coefficient (Wildman–Crippen LogP) is 3.07. The number of rotatable bonds is 2. The first-order chi connectivity index (χ1) is 7.40. The largest absolute Gasteiger partial charge is 0.377 e.